The molecule has 0 fully saturated rings. The molecule has 0 bridgehead atoms. The van der Waals surface area contributed by atoms with Crippen molar-refractivity contribution in [3.63, 3.8) is 0 Å². The van der Waals surface area contributed by atoms with Crippen LogP contribution in [0.5, 0.6) is 0 Å². The molecule has 0 amide bonds. The fourth-order valence-corrected chi connectivity index (χ4v) is 2.77. The predicted molar refractivity (Wildman–Crippen MR) is 82.8 cm³/mol. The highest BCUT2D eigenvalue weighted by molar-refractivity contribution is 6.31. The number of aryl methyl sites for hydroxylation is 2. The minimum atomic E-state index is 0.552. The second-order valence-electron chi connectivity index (χ2n) is 5.53. The Morgan fingerprint density at radius 2 is 2.00 bits per heavy atom. The largest absolute Gasteiger partial charge is 0.314 e. The Morgan fingerprint density at radius 3 is 2.47 bits per heavy atom. The van der Waals surface area contributed by atoms with Gasteiger partial charge in [-0.1, -0.05) is 39.3 Å². The Bertz CT molecular complexity index is 385. The minimum Gasteiger partial charge on any atom is -0.314 e. The normalized spacial score (nSPS) is 13.2. The minimum absolute atomic E-state index is 0.552. The van der Waals surface area contributed by atoms with Gasteiger partial charge in [-0.15, -0.1) is 0 Å². The highest BCUT2D eigenvalue weighted by Crippen LogP contribution is 2.23. The summed E-state index contributed by atoms with van der Waals surface area (Å²) in [7, 11) is 1.99. The third kappa shape index (κ3) is 4.50. The van der Waals surface area contributed by atoms with Crippen molar-refractivity contribution < 1.29 is 0 Å². The van der Waals surface area contributed by atoms with E-state index in [-0.39, 0.29) is 0 Å². The summed E-state index contributed by atoms with van der Waals surface area (Å²) in [6, 6.07) is 0.552. The van der Waals surface area contributed by atoms with Crippen molar-refractivity contribution in [2.24, 2.45) is 13.0 Å². The van der Waals surface area contributed by atoms with E-state index >= 15 is 0 Å². The van der Waals surface area contributed by atoms with Crippen molar-refractivity contribution in [2.75, 3.05) is 6.54 Å². The van der Waals surface area contributed by atoms with Crippen LogP contribution >= 0.6 is 11.6 Å². The van der Waals surface area contributed by atoms with Gasteiger partial charge in [-0.2, -0.15) is 5.10 Å². The molecule has 1 unspecified atom stereocenters. The summed E-state index contributed by atoms with van der Waals surface area (Å²) in [5, 5.41) is 8.97. The molecule has 110 valence electrons. The van der Waals surface area contributed by atoms with E-state index in [9.17, 15) is 0 Å². The molecule has 1 aromatic heterocycles. The number of hydrogen-bond acceptors (Lipinski definition) is 2. The summed E-state index contributed by atoms with van der Waals surface area (Å²) in [5.41, 5.74) is 2.18. The van der Waals surface area contributed by atoms with Crippen molar-refractivity contribution in [2.45, 2.75) is 59.4 Å². The summed E-state index contributed by atoms with van der Waals surface area (Å²) < 4.78 is 1.94. The first-order chi connectivity index (χ1) is 9.01. The lowest BCUT2D eigenvalue weighted by Crippen LogP contribution is -2.34. The Labute approximate surface area is 122 Å². The second kappa shape index (κ2) is 7.91. The van der Waals surface area contributed by atoms with Crippen LogP contribution in [0.3, 0.4) is 0 Å². The van der Waals surface area contributed by atoms with Crippen molar-refractivity contribution in [3.8, 4) is 0 Å². The van der Waals surface area contributed by atoms with Crippen molar-refractivity contribution >= 4 is 11.6 Å². The standard InChI is InChI=1S/C15H28ClN3/c1-6-10-17-13(11(3)4)8-9-14-15(16)12(7-2)18-19(14)5/h11,13,17H,6-10H2,1-5H3. The lowest BCUT2D eigenvalue weighted by Gasteiger charge is -2.22. The van der Waals surface area contributed by atoms with E-state index < -0.39 is 0 Å². The summed E-state index contributed by atoms with van der Waals surface area (Å²) >= 11 is 6.39. The molecular formula is C15H28ClN3. The summed E-state index contributed by atoms with van der Waals surface area (Å²) in [4.78, 5) is 0. The zero-order valence-electron chi connectivity index (χ0n) is 13.0. The van der Waals surface area contributed by atoms with E-state index in [1.807, 2.05) is 11.7 Å². The van der Waals surface area contributed by atoms with E-state index in [2.05, 4.69) is 38.1 Å². The molecule has 0 saturated carbocycles. The Kier molecular flexibility index (Phi) is 6.87. The second-order valence-corrected chi connectivity index (χ2v) is 5.91. The highest BCUT2D eigenvalue weighted by Gasteiger charge is 2.17. The number of hydrogen-bond donors (Lipinski definition) is 1. The topological polar surface area (TPSA) is 29.9 Å². The molecule has 0 aliphatic carbocycles. The molecule has 3 nitrogen and oxygen atoms in total. The zero-order chi connectivity index (χ0) is 14.4. The van der Waals surface area contributed by atoms with Gasteiger partial charge in [0.05, 0.1) is 16.4 Å². The fourth-order valence-electron chi connectivity index (χ4n) is 2.38. The van der Waals surface area contributed by atoms with Crippen LogP contribution in [0.25, 0.3) is 0 Å². The van der Waals surface area contributed by atoms with Crippen LogP contribution in [0.2, 0.25) is 5.02 Å². The van der Waals surface area contributed by atoms with Crippen LogP contribution in [0.15, 0.2) is 0 Å². The first kappa shape index (κ1) is 16.5. The van der Waals surface area contributed by atoms with Gasteiger partial charge in [0.15, 0.2) is 0 Å². The molecule has 1 atom stereocenters. The van der Waals surface area contributed by atoms with Gasteiger partial charge in [-0.3, -0.25) is 4.68 Å². The summed E-state index contributed by atoms with van der Waals surface area (Å²) in [6.45, 7) is 9.93. The lowest BCUT2D eigenvalue weighted by atomic mass is 9.98. The van der Waals surface area contributed by atoms with Gasteiger partial charge in [0.25, 0.3) is 0 Å². The molecule has 1 aromatic rings. The summed E-state index contributed by atoms with van der Waals surface area (Å²) in [6.07, 6.45) is 4.17. The molecular weight excluding hydrogens is 258 g/mol. The van der Waals surface area contributed by atoms with Gasteiger partial charge in [0, 0.05) is 13.1 Å². The van der Waals surface area contributed by atoms with Crippen LogP contribution in [0.1, 0.15) is 51.9 Å². The van der Waals surface area contributed by atoms with Crippen LogP contribution in [-0.2, 0) is 19.9 Å². The van der Waals surface area contributed by atoms with Gasteiger partial charge in [-0.05, 0) is 38.1 Å². The molecule has 1 N–H and O–H groups in total. The lowest BCUT2D eigenvalue weighted by molar-refractivity contribution is 0.375. The van der Waals surface area contributed by atoms with Gasteiger partial charge < -0.3 is 5.32 Å². The Hall–Kier alpha value is -0.540. The number of nitrogens with one attached hydrogen (secondary N) is 1. The molecule has 0 spiro atoms. The molecule has 0 radical (unpaired) electrons. The van der Waals surface area contributed by atoms with E-state index in [1.165, 1.54) is 12.1 Å². The molecule has 0 saturated heterocycles. The maximum absolute atomic E-state index is 6.39. The molecule has 0 aliphatic rings. The molecule has 19 heavy (non-hydrogen) atoms. The fraction of sp³-hybridized carbons (Fsp3) is 0.800. The average Bonchev–Trinajstić information content (AvgIpc) is 2.64. The molecule has 4 heteroatoms. The zero-order valence-corrected chi connectivity index (χ0v) is 13.7. The van der Waals surface area contributed by atoms with Gasteiger partial charge in [0.2, 0.25) is 0 Å². The average molecular weight is 286 g/mol. The monoisotopic (exact) mass is 285 g/mol. The molecule has 0 aliphatic heterocycles. The van der Waals surface area contributed by atoms with E-state index in [0.29, 0.717) is 12.0 Å². The van der Waals surface area contributed by atoms with Crippen LogP contribution < -0.4 is 5.32 Å². The first-order valence-corrected chi connectivity index (χ1v) is 7.82. The summed E-state index contributed by atoms with van der Waals surface area (Å²) in [5.74, 6) is 0.643. The van der Waals surface area contributed by atoms with Crippen LogP contribution in [-0.4, -0.2) is 22.4 Å². The maximum atomic E-state index is 6.39. The van der Waals surface area contributed by atoms with Gasteiger partial charge in [-0.25, -0.2) is 0 Å². The van der Waals surface area contributed by atoms with E-state index in [0.717, 1.165) is 36.5 Å². The highest BCUT2D eigenvalue weighted by atomic mass is 35.5. The number of nitrogens with zero attached hydrogens (tertiary/aromatic N) is 2. The van der Waals surface area contributed by atoms with Crippen molar-refractivity contribution in [1.29, 1.82) is 0 Å². The first-order valence-electron chi connectivity index (χ1n) is 7.44. The molecule has 1 heterocycles. The quantitative estimate of drug-likeness (QED) is 0.791. The molecule has 1 rings (SSSR count). The van der Waals surface area contributed by atoms with Crippen LogP contribution in [0, 0.1) is 5.92 Å². The Balaban J connectivity index is 2.66. The van der Waals surface area contributed by atoms with Gasteiger partial charge in [0.1, 0.15) is 0 Å². The van der Waals surface area contributed by atoms with Gasteiger partial charge >= 0.3 is 0 Å². The van der Waals surface area contributed by atoms with E-state index in [1.54, 1.807) is 0 Å². The van der Waals surface area contributed by atoms with Crippen LogP contribution in [0.4, 0.5) is 0 Å². The maximum Gasteiger partial charge on any atom is 0.0849 e. The SMILES string of the molecule is CCCNC(CCc1c(Cl)c(CC)nn1C)C(C)C. The third-order valence-corrected chi connectivity index (χ3v) is 4.09. The predicted octanol–water partition coefficient (Wildman–Crippen LogP) is 3.59. The number of halogens is 1. The number of aromatic nitrogens is 2. The third-order valence-electron chi connectivity index (χ3n) is 3.66. The van der Waals surface area contributed by atoms with Crippen molar-refractivity contribution in [1.82, 2.24) is 15.1 Å². The molecule has 0 aromatic carbocycles. The number of rotatable bonds is 8. The van der Waals surface area contributed by atoms with E-state index in [4.69, 9.17) is 11.6 Å². The smallest absolute Gasteiger partial charge is 0.0849 e. The Morgan fingerprint density at radius 1 is 1.32 bits per heavy atom. The van der Waals surface area contributed by atoms with Crippen molar-refractivity contribution in [3.05, 3.63) is 16.4 Å².